The van der Waals surface area contributed by atoms with Crippen LogP contribution < -0.4 is 5.48 Å². The summed E-state index contributed by atoms with van der Waals surface area (Å²) >= 11 is 0. The van der Waals surface area contributed by atoms with Gasteiger partial charge in [-0.1, -0.05) is 42.5 Å². The maximum atomic E-state index is 11.2. The van der Waals surface area contributed by atoms with Crippen molar-refractivity contribution in [2.24, 2.45) is 0 Å². The number of imidazole rings is 1. The summed E-state index contributed by atoms with van der Waals surface area (Å²) in [4.78, 5) is 18.4. The van der Waals surface area contributed by atoms with Crippen molar-refractivity contribution in [3.8, 4) is 0 Å². The van der Waals surface area contributed by atoms with Crippen LogP contribution in [0.1, 0.15) is 42.5 Å². The van der Waals surface area contributed by atoms with Crippen LogP contribution in [-0.2, 0) is 30.6 Å². The molecule has 1 aromatic carbocycles. The van der Waals surface area contributed by atoms with Crippen molar-refractivity contribution in [3.05, 3.63) is 83.0 Å². The molecule has 2 aromatic rings. The van der Waals surface area contributed by atoms with Gasteiger partial charge < -0.3 is 9.47 Å². The van der Waals surface area contributed by atoms with Crippen molar-refractivity contribution in [2.75, 3.05) is 20.1 Å². The van der Waals surface area contributed by atoms with E-state index in [9.17, 15) is 4.79 Å². The average Bonchev–Trinajstić information content (AvgIpc) is 3.37. The number of aromatic nitrogens is 2. The zero-order valence-corrected chi connectivity index (χ0v) is 19.1. The molecule has 1 aliphatic carbocycles. The number of hydrogen-bond donors (Lipinski definition) is 2. The molecule has 2 aliphatic rings. The van der Waals surface area contributed by atoms with Gasteiger partial charge in [-0.25, -0.2) is 10.5 Å². The lowest BCUT2D eigenvalue weighted by molar-refractivity contribution is -0.124. The number of nitrogens with zero attached hydrogens (tertiary/aromatic N) is 3. The summed E-state index contributed by atoms with van der Waals surface area (Å²) in [6.45, 7) is 5.66. The van der Waals surface area contributed by atoms with Crippen LogP contribution in [0.15, 0.2) is 60.2 Å². The Hall–Kier alpha value is -2.96. The number of benzene rings is 1. The SMILES string of the molecule is CCn1c(CCc2ccccc2)nc2c1CC=CC(/C=C/C(=O)NO)=C2.CN1CCCC1. The molecule has 0 saturated carbocycles. The van der Waals surface area contributed by atoms with E-state index in [0.717, 1.165) is 42.9 Å². The summed E-state index contributed by atoms with van der Waals surface area (Å²) in [5, 5.41) is 8.60. The monoisotopic (exact) mass is 434 g/mol. The van der Waals surface area contributed by atoms with Crippen LogP contribution in [0.5, 0.6) is 0 Å². The fourth-order valence-electron chi connectivity index (χ4n) is 4.05. The highest BCUT2D eigenvalue weighted by Crippen LogP contribution is 2.22. The normalized spacial score (nSPS) is 15.7. The third kappa shape index (κ3) is 6.77. The fourth-order valence-corrected chi connectivity index (χ4v) is 4.05. The Bertz CT molecular complexity index is 967. The Kier molecular flexibility index (Phi) is 9.01. The smallest absolute Gasteiger partial charge is 0.267 e. The van der Waals surface area contributed by atoms with Crippen LogP contribution >= 0.6 is 0 Å². The van der Waals surface area contributed by atoms with E-state index >= 15 is 0 Å². The second kappa shape index (κ2) is 12.2. The number of nitrogens with one attached hydrogen (secondary N) is 1. The highest BCUT2D eigenvalue weighted by atomic mass is 16.5. The lowest BCUT2D eigenvalue weighted by Gasteiger charge is -2.08. The summed E-state index contributed by atoms with van der Waals surface area (Å²) in [7, 11) is 2.17. The molecule has 1 aromatic heterocycles. The van der Waals surface area contributed by atoms with Crippen molar-refractivity contribution < 1.29 is 10.0 Å². The lowest BCUT2D eigenvalue weighted by Crippen LogP contribution is -2.14. The highest BCUT2D eigenvalue weighted by Gasteiger charge is 2.15. The molecule has 4 rings (SSSR count). The van der Waals surface area contributed by atoms with E-state index in [1.54, 1.807) is 11.6 Å². The second-order valence-corrected chi connectivity index (χ2v) is 8.16. The maximum absolute atomic E-state index is 11.2. The number of hydrogen-bond acceptors (Lipinski definition) is 4. The minimum absolute atomic E-state index is 0.550. The first kappa shape index (κ1) is 23.7. The topological polar surface area (TPSA) is 70.4 Å². The number of amides is 1. The first-order valence-corrected chi connectivity index (χ1v) is 11.4. The fraction of sp³-hybridized carbons (Fsp3) is 0.385. The number of hydroxylamine groups is 1. The third-order valence-electron chi connectivity index (χ3n) is 5.77. The number of rotatable bonds is 6. The Balaban J connectivity index is 0.000000416. The number of allylic oxidation sites excluding steroid dienone is 4. The molecule has 170 valence electrons. The van der Waals surface area contributed by atoms with Crippen molar-refractivity contribution in [1.82, 2.24) is 19.9 Å². The van der Waals surface area contributed by atoms with E-state index in [-0.39, 0.29) is 0 Å². The molecular weight excluding hydrogens is 400 g/mol. The van der Waals surface area contributed by atoms with E-state index in [2.05, 4.69) is 53.8 Å². The van der Waals surface area contributed by atoms with Crippen LogP contribution in [-0.4, -0.2) is 45.7 Å². The Morgan fingerprint density at radius 2 is 1.94 bits per heavy atom. The van der Waals surface area contributed by atoms with Gasteiger partial charge in [0.25, 0.3) is 5.91 Å². The third-order valence-corrected chi connectivity index (χ3v) is 5.77. The van der Waals surface area contributed by atoms with Gasteiger partial charge in [0.05, 0.1) is 5.69 Å². The number of fused-ring (bicyclic) bond motifs is 1. The van der Waals surface area contributed by atoms with E-state index in [1.807, 2.05) is 18.2 Å². The van der Waals surface area contributed by atoms with E-state index in [4.69, 9.17) is 10.2 Å². The molecule has 2 N–H and O–H groups in total. The Morgan fingerprint density at radius 1 is 1.19 bits per heavy atom. The predicted molar refractivity (Wildman–Crippen MR) is 128 cm³/mol. The molecule has 0 atom stereocenters. The summed E-state index contributed by atoms with van der Waals surface area (Å²) in [5.41, 5.74) is 5.93. The standard InChI is InChI=1S/C21H23N3O2.C5H11N/c1-2-24-19-10-6-9-17(12-14-21(25)23-26)15-18(19)22-20(24)13-11-16-7-4-3-5-8-16;1-6-4-2-3-5-6/h3-9,12,14-15,26H,2,10-11,13H2,1H3,(H,23,25);2-5H2,1H3/b14-12+;. The molecule has 1 amide bonds. The van der Waals surface area contributed by atoms with E-state index in [1.165, 1.54) is 43.3 Å². The second-order valence-electron chi connectivity index (χ2n) is 8.16. The van der Waals surface area contributed by atoms with Crippen LogP contribution in [0.2, 0.25) is 0 Å². The molecule has 32 heavy (non-hydrogen) atoms. The number of aryl methyl sites for hydroxylation is 2. The van der Waals surface area contributed by atoms with E-state index < -0.39 is 5.91 Å². The van der Waals surface area contributed by atoms with Gasteiger partial charge in [-0.3, -0.25) is 10.0 Å². The number of carbonyl (C=O) groups is 1. The minimum Gasteiger partial charge on any atom is -0.331 e. The van der Waals surface area contributed by atoms with Crippen molar-refractivity contribution in [3.63, 3.8) is 0 Å². The average molecular weight is 435 g/mol. The van der Waals surface area contributed by atoms with Gasteiger partial charge in [0.15, 0.2) is 0 Å². The van der Waals surface area contributed by atoms with Crippen LogP contribution in [0.25, 0.3) is 6.08 Å². The quantitative estimate of drug-likeness (QED) is 0.410. The zero-order chi connectivity index (χ0) is 22.8. The van der Waals surface area contributed by atoms with Gasteiger partial charge in [-0.05, 0) is 69.6 Å². The molecule has 2 heterocycles. The first-order chi connectivity index (χ1) is 15.6. The molecule has 0 unspecified atom stereocenters. The van der Waals surface area contributed by atoms with Gasteiger partial charge >= 0.3 is 0 Å². The summed E-state index contributed by atoms with van der Waals surface area (Å²) < 4.78 is 2.28. The molecule has 1 saturated heterocycles. The van der Waals surface area contributed by atoms with Gasteiger partial charge in [-0.15, -0.1) is 0 Å². The maximum Gasteiger partial charge on any atom is 0.267 e. The lowest BCUT2D eigenvalue weighted by atomic mass is 10.1. The largest absolute Gasteiger partial charge is 0.331 e. The minimum atomic E-state index is -0.550. The summed E-state index contributed by atoms with van der Waals surface area (Å²) in [6.07, 6.45) is 14.5. The molecule has 1 fully saturated rings. The van der Waals surface area contributed by atoms with Crippen LogP contribution in [0, 0.1) is 0 Å². The number of carbonyl (C=O) groups excluding carboxylic acids is 1. The first-order valence-electron chi connectivity index (χ1n) is 11.4. The summed E-state index contributed by atoms with van der Waals surface area (Å²) in [6, 6.07) is 10.4. The molecule has 0 bridgehead atoms. The van der Waals surface area contributed by atoms with Gasteiger partial charge in [0.1, 0.15) is 5.82 Å². The molecule has 6 nitrogen and oxygen atoms in total. The van der Waals surface area contributed by atoms with Crippen molar-refractivity contribution in [1.29, 1.82) is 0 Å². The Morgan fingerprint density at radius 3 is 2.56 bits per heavy atom. The van der Waals surface area contributed by atoms with Gasteiger partial charge in [0.2, 0.25) is 0 Å². The van der Waals surface area contributed by atoms with Crippen molar-refractivity contribution >= 4 is 12.0 Å². The van der Waals surface area contributed by atoms with E-state index in [0.29, 0.717) is 0 Å². The summed E-state index contributed by atoms with van der Waals surface area (Å²) in [5.74, 6) is 0.538. The van der Waals surface area contributed by atoms with Crippen LogP contribution in [0.4, 0.5) is 0 Å². The van der Waals surface area contributed by atoms with Gasteiger partial charge in [-0.2, -0.15) is 0 Å². The van der Waals surface area contributed by atoms with Gasteiger partial charge in [0, 0.05) is 31.2 Å². The molecule has 1 aliphatic heterocycles. The van der Waals surface area contributed by atoms with Crippen molar-refractivity contribution in [2.45, 2.75) is 45.6 Å². The Labute approximate surface area is 190 Å². The predicted octanol–water partition coefficient (Wildman–Crippen LogP) is 3.96. The molecule has 0 radical (unpaired) electrons. The molecular formula is C26H34N4O2. The molecule has 0 spiro atoms. The zero-order valence-electron chi connectivity index (χ0n) is 19.1. The number of likely N-dealkylation sites (tertiary alicyclic amines) is 1. The highest BCUT2D eigenvalue weighted by molar-refractivity contribution is 5.87. The molecule has 6 heteroatoms. The van der Waals surface area contributed by atoms with Crippen LogP contribution in [0.3, 0.4) is 0 Å².